The van der Waals surface area contributed by atoms with Gasteiger partial charge >= 0.3 is 6.09 Å². The third kappa shape index (κ3) is 3.98. The summed E-state index contributed by atoms with van der Waals surface area (Å²) in [5.74, 6) is 0. The summed E-state index contributed by atoms with van der Waals surface area (Å²) >= 11 is 0. The lowest BCUT2D eigenvalue weighted by Gasteiger charge is -2.25. The highest BCUT2D eigenvalue weighted by molar-refractivity contribution is 5.68. The van der Waals surface area contributed by atoms with Crippen LogP contribution in [0.1, 0.15) is 26.3 Å². The third-order valence-electron chi connectivity index (χ3n) is 2.46. The molecule has 4 heteroatoms. The summed E-state index contributed by atoms with van der Waals surface area (Å²) < 4.78 is 5.02. The molecule has 1 amide bonds. The number of amides is 1. The van der Waals surface area contributed by atoms with E-state index in [0.29, 0.717) is 13.2 Å². The SMILES string of the molecule is CCOC(=O)N(Cc1ccc(N)cc1)C(C)C. The largest absolute Gasteiger partial charge is 0.450 e. The van der Waals surface area contributed by atoms with Gasteiger partial charge in [0, 0.05) is 18.3 Å². The fourth-order valence-corrected chi connectivity index (χ4v) is 1.48. The lowest BCUT2D eigenvalue weighted by atomic mass is 10.2. The molecule has 94 valence electrons. The van der Waals surface area contributed by atoms with E-state index < -0.39 is 0 Å². The van der Waals surface area contributed by atoms with E-state index in [0.717, 1.165) is 11.3 Å². The third-order valence-corrected chi connectivity index (χ3v) is 2.46. The molecule has 0 radical (unpaired) electrons. The van der Waals surface area contributed by atoms with Gasteiger partial charge in [0.25, 0.3) is 0 Å². The highest BCUT2D eigenvalue weighted by Crippen LogP contribution is 2.12. The molecule has 0 spiro atoms. The minimum atomic E-state index is -0.278. The Labute approximate surface area is 102 Å². The molecule has 0 aliphatic rings. The minimum Gasteiger partial charge on any atom is -0.450 e. The first-order valence-corrected chi connectivity index (χ1v) is 5.82. The molecule has 1 rings (SSSR count). The molecule has 0 aliphatic carbocycles. The van der Waals surface area contributed by atoms with Crippen molar-refractivity contribution < 1.29 is 9.53 Å². The molecule has 4 nitrogen and oxygen atoms in total. The smallest absolute Gasteiger partial charge is 0.410 e. The Bertz CT molecular complexity index is 360. The average Bonchev–Trinajstić information content (AvgIpc) is 2.28. The molecule has 1 aromatic carbocycles. The topological polar surface area (TPSA) is 55.6 Å². The van der Waals surface area contributed by atoms with Gasteiger partial charge < -0.3 is 15.4 Å². The van der Waals surface area contributed by atoms with Gasteiger partial charge in [-0.2, -0.15) is 0 Å². The molecular weight excluding hydrogens is 216 g/mol. The lowest BCUT2D eigenvalue weighted by molar-refractivity contribution is 0.0930. The van der Waals surface area contributed by atoms with Crippen LogP contribution in [-0.4, -0.2) is 23.6 Å². The Balaban J connectivity index is 2.73. The average molecular weight is 236 g/mol. The number of benzene rings is 1. The van der Waals surface area contributed by atoms with E-state index in [1.54, 1.807) is 11.8 Å². The van der Waals surface area contributed by atoms with Crippen molar-refractivity contribution in [3.8, 4) is 0 Å². The second-order valence-electron chi connectivity index (χ2n) is 4.16. The molecule has 0 fully saturated rings. The predicted molar refractivity (Wildman–Crippen MR) is 68.6 cm³/mol. The number of nitrogens with two attached hydrogens (primary N) is 1. The van der Waals surface area contributed by atoms with Crippen molar-refractivity contribution in [1.82, 2.24) is 4.90 Å². The first-order valence-electron chi connectivity index (χ1n) is 5.82. The molecule has 0 unspecified atom stereocenters. The molecule has 0 saturated heterocycles. The van der Waals surface area contributed by atoms with Crippen molar-refractivity contribution >= 4 is 11.8 Å². The van der Waals surface area contributed by atoms with Crippen LogP contribution in [0.4, 0.5) is 10.5 Å². The summed E-state index contributed by atoms with van der Waals surface area (Å²) in [6.45, 7) is 6.67. The number of carbonyl (C=O) groups is 1. The Morgan fingerprint density at radius 3 is 2.41 bits per heavy atom. The van der Waals surface area contributed by atoms with Crippen LogP contribution in [0.5, 0.6) is 0 Å². The Morgan fingerprint density at radius 2 is 1.94 bits per heavy atom. The quantitative estimate of drug-likeness (QED) is 0.818. The Morgan fingerprint density at radius 1 is 1.35 bits per heavy atom. The number of hydrogen-bond donors (Lipinski definition) is 1. The molecule has 0 aliphatic heterocycles. The van der Waals surface area contributed by atoms with Gasteiger partial charge in [-0.1, -0.05) is 12.1 Å². The summed E-state index contributed by atoms with van der Waals surface area (Å²) in [6, 6.07) is 7.61. The normalized spacial score (nSPS) is 10.4. The van der Waals surface area contributed by atoms with E-state index in [1.807, 2.05) is 38.1 Å². The maximum atomic E-state index is 11.7. The van der Waals surface area contributed by atoms with Crippen LogP contribution in [0, 0.1) is 0 Å². The zero-order chi connectivity index (χ0) is 12.8. The molecule has 1 aromatic rings. The predicted octanol–water partition coefficient (Wildman–Crippen LogP) is 2.64. The lowest BCUT2D eigenvalue weighted by Crippen LogP contribution is -2.36. The van der Waals surface area contributed by atoms with Crippen molar-refractivity contribution in [1.29, 1.82) is 0 Å². The molecule has 0 saturated carbocycles. The molecule has 0 heterocycles. The molecule has 17 heavy (non-hydrogen) atoms. The van der Waals surface area contributed by atoms with Crippen molar-refractivity contribution in [2.24, 2.45) is 0 Å². The monoisotopic (exact) mass is 236 g/mol. The van der Waals surface area contributed by atoms with Crippen LogP contribution in [-0.2, 0) is 11.3 Å². The number of nitrogen functional groups attached to an aromatic ring is 1. The zero-order valence-corrected chi connectivity index (χ0v) is 10.6. The molecule has 0 aromatic heterocycles. The first kappa shape index (κ1) is 13.4. The van der Waals surface area contributed by atoms with Crippen LogP contribution >= 0.6 is 0 Å². The second-order valence-corrected chi connectivity index (χ2v) is 4.16. The Hall–Kier alpha value is -1.71. The summed E-state index contributed by atoms with van der Waals surface area (Å²) in [7, 11) is 0. The van der Waals surface area contributed by atoms with E-state index in [4.69, 9.17) is 10.5 Å². The van der Waals surface area contributed by atoms with Gasteiger partial charge in [-0.15, -0.1) is 0 Å². The van der Waals surface area contributed by atoms with E-state index >= 15 is 0 Å². The maximum Gasteiger partial charge on any atom is 0.410 e. The Kier molecular flexibility index (Phi) is 4.82. The van der Waals surface area contributed by atoms with Crippen molar-refractivity contribution in [3.63, 3.8) is 0 Å². The number of ether oxygens (including phenoxy) is 1. The number of rotatable bonds is 4. The highest BCUT2D eigenvalue weighted by Gasteiger charge is 2.17. The number of carbonyl (C=O) groups excluding carboxylic acids is 1. The van der Waals surface area contributed by atoms with E-state index in [1.165, 1.54) is 0 Å². The minimum absolute atomic E-state index is 0.103. The summed E-state index contributed by atoms with van der Waals surface area (Å²) in [4.78, 5) is 13.4. The van der Waals surface area contributed by atoms with Crippen LogP contribution in [0.2, 0.25) is 0 Å². The van der Waals surface area contributed by atoms with Crippen molar-refractivity contribution in [2.45, 2.75) is 33.4 Å². The molecule has 0 bridgehead atoms. The van der Waals surface area contributed by atoms with Crippen molar-refractivity contribution in [2.75, 3.05) is 12.3 Å². The highest BCUT2D eigenvalue weighted by atomic mass is 16.6. The summed E-state index contributed by atoms with van der Waals surface area (Å²) in [6.07, 6.45) is -0.278. The van der Waals surface area contributed by atoms with E-state index in [-0.39, 0.29) is 12.1 Å². The van der Waals surface area contributed by atoms with Gasteiger partial charge in [-0.25, -0.2) is 4.79 Å². The van der Waals surface area contributed by atoms with Crippen LogP contribution in [0.3, 0.4) is 0 Å². The number of hydrogen-bond acceptors (Lipinski definition) is 3. The van der Waals surface area contributed by atoms with Gasteiger partial charge in [0.15, 0.2) is 0 Å². The standard InChI is InChI=1S/C13H20N2O2/c1-4-17-13(16)15(10(2)3)9-11-5-7-12(14)8-6-11/h5-8,10H,4,9,14H2,1-3H3. The van der Waals surface area contributed by atoms with Gasteiger partial charge in [-0.05, 0) is 38.5 Å². The van der Waals surface area contributed by atoms with Crippen LogP contribution in [0.15, 0.2) is 24.3 Å². The van der Waals surface area contributed by atoms with E-state index in [2.05, 4.69) is 0 Å². The van der Waals surface area contributed by atoms with Crippen LogP contribution < -0.4 is 5.73 Å². The summed E-state index contributed by atoms with van der Waals surface area (Å²) in [5, 5.41) is 0. The summed E-state index contributed by atoms with van der Waals surface area (Å²) in [5.41, 5.74) is 7.39. The van der Waals surface area contributed by atoms with Gasteiger partial charge in [0.1, 0.15) is 0 Å². The first-order chi connectivity index (χ1) is 8.04. The van der Waals surface area contributed by atoms with Crippen molar-refractivity contribution in [3.05, 3.63) is 29.8 Å². The zero-order valence-electron chi connectivity index (χ0n) is 10.6. The second kappa shape index (κ2) is 6.13. The fraction of sp³-hybridized carbons (Fsp3) is 0.462. The maximum absolute atomic E-state index is 11.7. The van der Waals surface area contributed by atoms with Gasteiger partial charge in [-0.3, -0.25) is 0 Å². The number of anilines is 1. The van der Waals surface area contributed by atoms with Gasteiger partial charge in [0.2, 0.25) is 0 Å². The molecule has 2 N–H and O–H groups in total. The number of nitrogens with zero attached hydrogens (tertiary/aromatic N) is 1. The fourth-order valence-electron chi connectivity index (χ4n) is 1.48. The molecular formula is C13H20N2O2. The van der Waals surface area contributed by atoms with E-state index in [9.17, 15) is 4.79 Å². The van der Waals surface area contributed by atoms with Gasteiger partial charge in [0.05, 0.1) is 6.61 Å². The van der Waals surface area contributed by atoms with Crippen LogP contribution in [0.25, 0.3) is 0 Å². The molecule has 0 atom stereocenters.